The third-order valence-electron chi connectivity index (χ3n) is 2.66. The number of ether oxygens (including phenoxy) is 1. The first-order valence-electron chi connectivity index (χ1n) is 5.40. The lowest BCUT2D eigenvalue weighted by molar-refractivity contribution is 0.0981. The maximum atomic E-state index is 12.0. The summed E-state index contributed by atoms with van der Waals surface area (Å²) >= 11 is 7.00. The fraction of sp³-hybridized carbons (Fsp3) is 0.545. The zero-order valence-corrected chi connectivity index (χ0v) is 11.6. The highest BCUT2D eigenvalue weighted by molar-refractivity contribution is 7.86. The summed E-state index contributed by atoms with van der Waals surface area (Å²) in [5, 5.41) is 0.100. The highest BCUT2D eigenvalue weighted by Crippen LogP contribution is 2.22. The molecule has 2 rings (SSSR count). The predicted octanol–water partition coefficient (Wildman–Crippen LogP) is 2.51. The van der Waals surface area contributed by atoms with Gasteiger partial charge in [-0.1, -0.05) is 11.6 Å². The number of carbonyl (C=O) groups excluding carboxylic acids is 1. The molecule has 0 amide bonds. The van der Waals surface area contributed by atoms with Crippen molar-refractivity contribution in [3.63, 3.8) is 0 Å². The maximum absolute atomic E-state index is 12.0. The third kappa shape index (κ3) is 3.61. The van der Waals surface area contributed by atoms with E-state index < -0.39 is 10.8 Å². The molecule has 17 heavy (non-hydrogen) atoms. The molecule has 0 aliphatic carbocycles. The topological polar surface area (TPSA) is 43.4 Å². The van der Waals surface area contributed by atoms with Gasteiger partial charge in [-0.15, -0.1) is 11.3 Å². The van der Waals surface area contributed by atoms with Crippen LogP contribution in [0.4, 0.5) is 0 Å². The second-order valence-electron chi connectivity index (χ2n) is 3.86. The minimum absolute atomic E-state index is 0.0771. The van der Waals surface area contributed by atoms with Gasteiger partial charge in [-0.05, 0) is 25.0 Å². The van der Waals surface area contributed by atoms with Crippen LogP contribution < -0.4 is 0 Å². The van der Waals surface area contributed by atoms with E-state index in [1.54, 1.807) is 12.1 Å². The predicted molar refractivity (Wildman–Crippen MR) is 70.5 cm³/mol. The van der Waals surface area contributed by atoms with Gasteiger partial charge in [0, 0.05) is 29.3 Å². The SMILES string of the molecule is O=C(CS(=O)C1CCOCC1)c1ccc(Cl)s1. The zero-order chi connectivity index (χ0) is 12.3. The molecule has 3 nitrogen and oxygen atoms in total. The largest absolute Gasteiger partial charge is 0.381 e. The minimum Gasteiger partial charge on any atom is -0.381 e. The van der Waals surface area contributed by atoms with Crippen LogP contribution in [0.2, 0.25) is 4.34 Å². The second-order valence-corrected chi connectivity index (χ2v) is 7.30. The lowest BCUT2D eigenvalue weighted by Gasteiger charge is -2.20. The number of thiophene rings is 1. The summed E-state index contributed by atoms with van der Waals surface area (Å²) in [6.07, 6.45) is 1.57. The van der Waals surface area contributed by atoms with Gasteiger partial charge < -0.3 is 4.74 Å². The van der Waals surface area contributed by atoms with Crippen molar-refractivity contribution in [2.75, 3.05) is 19.0 Å². The Labute approximate surface area is 112 Å². The van der Waals surface area contributed by atoms with Crippen molar-refractivity contribution in [3.05, 3.63) is 21.3 Å². The van der Waals surface area contributed by atoms with Gasteiger partial charge in [0.1, 0.15) is 0 Å². The molecule has 0 saturated carbocycles. The Hall–Kier alpha value is -0.230. The van der Waals surface area contributed by atoms with Crippen LogP contribution >= 0.6 is 22.9 Å². The van der Waals surface area contributed by atoms with E-state index in [0.717, 1.165) is 12.8 Å². The fourth-order valence-corrected chi connectivity index (χ4v) is 4.16. The summed E-state index contributed by atoms with van der Waals surface area (Å²) in [6.45, 7) is 1.30. The molecular formula is C11H13ClO3S2. The molecule has 1 atom stereocenters. The van der Waals surface area contributed by atoms with E-state index in [2.05, 4.69) is 0 Å². The van der Waals surface area contributed by atoms with Gasteiger partial charge in [-0.25, -0.2) is 0 Å². The smallest absolute Gasteiger partial charge is 0.185 e. The number of Topliss-reactive ketones (excluding diaryl/α,β-unsaturated/α-hetero) is 1. The van der Waals surface area contributed by atoms with Crippen molar-refractivity contribution in [2.24, 2.45) is 0 Å². The Balaban J connectivity index is 1.91. The molecule has 0 bridgehead atoms. The average molecular weight is 293 g/mol. The summed E-state index contributed by atoms with van der Waals surface area (Å²) in [6, 6.07) is 3.38. The van der Waals surface area contributed by atoms with Crippen molar-refractivity contribution >= 4 is 39.5 Å². The molecule has 0 N–H and O–H groups in total. The Morgan fingerprint density at radius 2 is 2.18 bits per heavy atom. The third-order valence-corrected chi connectivity index (χ3v) is 5.70. The van der Waals surface area contributed by atoms with Gasteiger partial charge in [0.25, 0.3) is 0 Å². The van der Waals surface area contributed by atoms with E-state index in [0.29, 0.717) is 22.4 Å². The molecule has 94 valence electrons. The van der Waals surface area contributed by atoms with E-state index in [9.17, 15) is 9.00 Å². The van der Waals surface area contributed by atoms with E-state index in [4.69, 9.17) is 16.3 Å². The molecule has 1 saturated heterocycles. The Morgan fingerprint density at radius 1 is 1.47 bits per heavy atom. The van der Waals surface area contributed by atoms with E-state index >= 15 is 0 Å². The zero-order valence-electron chi connectivity index (χ0n) is 9.19. The summed E-state index contributed by atoms with van der Waals surface area (Å²) in [5.41, 5.74) is 0. The van der Waals surface area contributed by atoms with Crippen LogP contribution in [-0.2, 0) is 15.5 Å². The van der Waals surface area contributed by atoms with Gasteiger partial charge in [0.05, 0.1) is 15.0 Å². The van der Waals surface area contributed by atoms with Crippen LogP contribution in [0.5, 0.6) is 0 Å². The summed E-state index contributed by atoms with van der Waals surface area (Å²) in [5.74, 6) is 0.0216. The molecule has 1 fully saturated rings. The number of halogens is 1. The molecule has 6 heteroatoms. The number of rotatable bonds is 4. The molecule has 0 aromatic carbocycles. The number of hydrogen-bond acceptors (Lipinski definition) is 4. The maximum Gasteiger partial charge on any atom is 0.185 e. The molecule has 1 aliphatic rings. The first-order valence-corrected chi connectivity index (χ1v) is 7.98. The molecule has 1 aromatic heterocycles. The molecular weight excluding hydrogens is 280 g/mol. The number of carbonyl (C=O) groups is 1. The second kappa shape index (κ2) is 6.09. The number of ketones is 1. The normalized spacial score (nSPS) is 19.1. The number of hydrogen-bond donors (Lipinski definition) is 0. The summed E-state index contributed by atoms with van der Waals surface area (Å²) in [7, 11) is -1.09. The highest BCUT2D eigenvalue weighted by atomic mass is 35.5. The van der Waals surface area contributed by atoms with E-state index in [-0.39, 0.29) is 16.8 Å². The minimum atomic E-state index is -1.09. The average Bonchev–Trinajstić information content (AvgIpc) is 2.77. The summed E-state index contributed by atoms with van der Waals surface area (Å²) in [4.78, 5) is 12.4. The van der Waals surface area contributed by atoms with Gasteiger partial charge in [0.2, 0.25) is 0 Å². The quantitative estimate of drug-likeness (QED) is 0.801. The molecule has 1 aliphatic heterocycles. The summed E-state index contributed by atoms with van der Waals surface area (Å²) < 4.78 is 17.8. The van der Waals surface area contributed by atoms with Gasteiger partial charge in [-0.3, -0.25) is 9.00 Å². The van der Waals surface area contributed by atoms with Crippen LogP contribution in [0.1, 0.15) is 22.5 Å². The van der Waals surface area contributed by atoms with Gasteiger partial charge >= 0.3 is 0 Å². The van der Waals surface area contributed by atoms with E-state index in [1.807, 2.05) is 0 Å². The van der Waals surface area contributed by atoms with Crippen LogP contribution in [0.15, 0.2) is 12.1 Å². The van der Waals surface area contributed by atoms with E-state index in [1.165, 1.54) is 11.3 Å². The molecule has 1 unspecified atom stereocenters. The monoisotopic (exact) mass is 292 g/mol. The van der Waals surface area contributed by atoms with Gasteiger partial charge in [0.15, 0.2) is 5.78 Å². The fourth-order valence-electron chi connectivity index (χ4n) is 1.72. The van der Waals surface area contributed by atoms with Crippen LogP contribution in [-0.4, -0.2) is 34.2 Å². The Kier molecular flexibility index (Phi) is 4.73. The highest BCUT2D eigenvalue weighted by Gasteiger charge is 2.23. The molecule has 0 spiro atoms. The van der Waals surface area contributed by atoms with Crippen molar-refractivity contribution < 1.29 is 13.7 Å². The Bertz CT molecular complexity index is 424. The molecule has 0 radical (unpaired) electrons. The first-order chi connectivity index (χ1) is 8.16. The molecule has 2 heterocycles. The molecule has 1 aromatic rings. The lowest BCUT2D eigenvalue weighted by atomic mass is 10.2. The van der Waals surface area contributed by atoms with Crippen LogP contribution in [0, 0.1) is 0 Å². The van der Waals surface area contributed by atoms with Crippen LogP contribution in [0.3, 0.4) is 0 Å². The lowest BCUT2D eigenvalue weighted by Crippen LogP contribution is -2.28. The van der Waals surface area contributed by atoms with Crippen molar-refractivity contribution in [2.45, 2.75) is 18.1 Å². The van der Waals surface area contributed by atoms with Crippen molar-refractivity contribution in [1.29, 1.82) is 0 Å². The standard InChI is InChI=1S/C11H13ClO3S2/c12-11-2-1-10(16-11)9(13)7-17(14)8-3-5-15-6-4-8/h1-2,8H,3-7H2. The van der Waals surface area contributed by atoms with Crippen molar-refractivity contribution in [3.8, 4) is 0 Å². The van der Waals surface area contributed by atoms with Crippen molar-refractivity contribution in [1.82, 2.24) is 0 Å². The first kappa shape index (κ1) is 13.2. The van der Waals surface area contributed by atoms with Gasteiger partial charge in [-0.2, -0.15) is 0 Å². The Morgan fingerprint density at radius 3 is 2.76 bits per heavy atom. The van der Waals surface area contributed by atoms with Crippen LogP contribution in [0.25, 0.3) is 0 Å².